The number of benzene rings is 2. The van der Waals surface area contributed by atoms with E-state index in [1.54, 1.807) is 47.3 Å². The number of hydrogen-bond donors (Lipinski definition) is 1. The van der Waals surface area contributed by atoms with Gasteiger partial charge in [0.1, 0.15) is 23.1 Å². The Bertz CT molecular complexity index is 1630. The monoisotopic (exact) mass is 541 g/mol. The maximum absolute atomic E-state index is 13.3. The van der Waals surface area contributed by atoms with Crippen LogP contribution in [-0.2, 0) is 21.4 Å². The van der Waals surface area contributed by atoms with Gasteiger partial charge in [-0.25, -0.2) is 13.1 Å². The van der Waals surface area contributed by atoms with E-state index in [-0.39, 0.29) is 17.0 Å². The van der Waals surface area contributed by atoms with E-state index in [9.17, 15) is 18.5 Å². The van der Waals surface area contributed by atoms with Crippen LogP contribution in [0, 0.1) is 11.3 Å². The summed E-state index contributed by atoms with van der Waals surface area (Å²) < 4.78 is 35.1. The number of nitrogens with one attached hydrogen (secondary N) is 1. The van der Waals surface area contributed by atoms with Gasteiger partial charge < -0.3 is 9.73 Å². The van der Waals surface area contributed by atoms with Crippen LogP contribution in [0.15, 0.2) is 94.1 Å². The van der Waals surface area contributed by atoms with Crippen molar-refractivity contribution in [3.63, 3.8) is 0 Å². The Morgan fingerprint density at radius 2 is 1.85 bits per heavy atom. The van der Waals surface area contributed by atoms with E-state index >= 15 is 0 Å². The molecule has 0 aliphatic carbocycles. The van der Waals surface area contributed by atoms with Crippen LogP contribution < -0.4 is 5.32 Å². The predicted molar refractivity (Wildman–Crippen MR) is 146 cm³/mol. The van der Waals surface area contributed by atoms with Crippen LogP contribution in [0.4, 0.5) is 0 Å². The molecule has 0 bridgehead atoms. The number of carbonyl (C=O) groups is 1. The Morgan fingerprint density at radius 3 is 2.56 bits per heavy atom. The molecule has 39 heavy (non-hydrogen) atoms. The molecule has 1 saturated heterocycles. The van der Waals surface area contributed by atoms with Crippen molar-refractivity contribution in [2.75, 3.05) is 13.1 Å². The molecule has 1 aliphatic rings. The van der Waals surface area contributed by atoms with Crippen molar-refractivity contribution in [3.8, 4) is 23.0 Å². The molecule has 1 fully saturated rings. The maximum atomic E-state index is 13.3. The molecule has 2 aromatic heterocycles. The number of carbonyl (C=O) groups excluding carboxylic acids is 1. The van der Waals surface area contributed by atoms with E-state index in [0.717, 1.165) is 24.9 Å². The average Bonchev–Trinajstić information content (AvgIpc) is 3.66. The minimum absolute atomic E-state index is 0.118. The van der Waals surface area contributed by atoms with Gasteiger partial charge in [0.25, 0.3) is 5.91 Å². The summed E-state index contributed by atoms with van der Waals surface area (Å²) in [7, 11) is -3.66. The first-order valence-corrected chi connectivity index (χ1v) is 14.1. The van der Waals surface area contributed by atoms with Gasteiger partial charge in [-0.15, -0.1) is 0 Å². The van der Waals surface area contributed by atoms with Crippen molar-refractivity contribution in [3.05, 3.63) is 96.1 Å². The fourth-order valence-electron chi connectivity index (χ4n) is 4.47. The fraction of sp³-hybridized carbons (Fsp3) is 0.207. The Hall–Kier alpha value is -4.46. The number of nitrogens with zero attached hydrogens (tertiary/aromatic N) is 4. The van der Waals surface area contributed by atoms with Gasteiger partial charge in [0.05, 0.1) is 23.4 Å². The summed E-state index contributed by atoms with van der Waals surface area (Å²) in [6.45, 7) is 1.14. The first-order chi connectivity index (χ1) is 19.0. The summed E-state index contributed by atoms with van der Waals surface area (Å²) in [5, 5.41) is 17.2. The van der Waals surface area contributed by atoms with E-state index in [0.29, 0.717) is 35.7 Å². The number of sulfonamides is 1. The maximum Gasteiger partial charge on any atom is 0.262 e. The minimum atomic E-state index is -3.66. The van der Waals surface area contributed by atoms with Gasteiger partial charge in [0.2, 0.25) is 10.0 Å². The van der Waals surface area contributed by atoms with Crippen LogP contribution in [0.5, 0.6) is 0 Å². The lowest BCUT2D eigenvalue weighted by Gasteiger charge is -2.26. The van der Waals surface area contributed by atoms with E-state index in [4.69, 9.17) is 9.52 Å². The molecule has 0 radical (unpaired) electrons. The molecule has 0 atom stereocenters. The lowest BCUT2D eigenvalue weighted by molar-refractivity contribution is -0.117. The molecular formula is C29H27N5O4S. The highest BCUT2D eigenvalue weighted by Gasteiger charge is 2.26. The largest absolute Gasteiger partial charge is 0.467 e. The molecule has 198 valence electrons. The predicted octanol–water partition coefficient (Wildman–Crippen LogP) is 4.53. The molecule has 2 aromatic carbocycles. The van der Waals surface area contributed by atoms with Gasteiger partial charge in [0.15, 0.2) is 0 Å². The molecule has 0 unspecified atom stereocenters. The van der Waals surface area contributed by atoms with Crippen LogP contribution in [0.1, 0.15) is 30.6 Å². The first kappa shape index (κ1) is 26.2. The number of furan rings is 1. The van der Waals surface area contributed by atoms with E-state index in [1.165, 1.54) is 16.6 Å². The third-order valence-electron chi connectivity index (χ3n) is 6.49. The number of rotatable bonds is 8. The lowest BCUT2D eigenvalue weighted by Crippen LogP contribution is -2.35. The number of hydrogen-bond acceptors (Lipinski definition) is 6. The van der Waals surface area contributed by atoms with Crippen LogP contribution in [-0.4, -0.2) is 41.5 Å². The molecule has 1 N–H and O–H groups in total. The van der Waals surface area contributed by atoms with Crippen molar-refractivity contribution in [1.82, 2.24) is 19.4 Å². The zero-order chi connectivity index (χ0) is 27.2. The van der Waals surface area contributed by atoms with Crippen LogP contribution >= 0.6 is 0 Å². The van der Waals surface area contributed by atoms with E-state index in [2.05, 4.69) is 5.32 Å². The second-order valence-corrected chi connectivity index (χ2v) is 11.1. The highest BCUT2D eigenvalue weighted by atomic mass is 32.2. The summed E-state index contributed by atoms with van der Waals surface area (Å²) in [5.74, 6) is -0.00121. The van der Waals surface area contributed by atoms with Crippen molar-refractivity contribution in [2.24, 2.45) is 0 Å². The van der Waals surface area contributed by atoms with Crippen LogP contribution in [0.2, 0.25) is 0 Å². The number of para-hydroxylation sites is 1. The van der Waals surface area contributed by atoms with Crippen molar-refractivity contribution >= 4 is 22.0 Å². The van der Waals surface area contributed by atoms with Gasteiger partial charge in [-0.2, -0.15) is 14.7 Å². The van der Waals surface area contributed by atoms with Crippen molar-refractivity contribution in [2.45, 2.75) is 30.7 Å². The molecule has 1 amide bonds. The van der Waals surface area contributed by atoms with Crippen LogP contribution in [0.25, 0.3) is 23.0 Å². The average molecular weight is 542 g/mol. The Kier molecular flexibility index (Phi) is 7.72. The van der Waals surface area contributed by atoms with Crippen molar-refractivity contribution in [1.29, 1.82) is 5.26 Å². The topological polar surface area (TPSA) is 121 Å². The Morgan fingerprint density at radius 1 is 1.05 bits per heavy atom. The summed E-state index contributed by atoms with van der Waals surface area (Å²) >= 11 is 0. The molecule has 5 rings (SSSR count). The molecule has 4 aromatic rings. The highest BCUT2D eigenvalue weighted by molar-refractivity contribution is 7.89. The number of aromatic nitrogens is 2. The zero-order valence-corrected chi connectivity index (χ0v) is 22.0. The third-order valence-corrected chi connectivity index (χ3v) is 8.39. The Labute approximate surface area is 227 Å². The molecular weight excluding hydrogens is 514 g/mol. The smallest absolute Gasteiger partial charge is 0.262 e. The minimum Gasteiger partial charge on any atom is -0.467 e. The summed E-state index contributed by atoms with van der Waals surface area (Å²) in [5.41, 5.74) is 2.16. The Balaban J connectivity index is 1.53. The summed E-state index contributed by atoms with van der Waals surface area (Å²) in [6.07, 6.45) is 7.39. The van der Waals surface area contributed by atoms with E-state index in [1.807, 2.05) is 36.4 Å². The summed E-state index contributed by atoms with van der Waals surface area (Å²) in [6, 6.07) is 21.4. The zero-order valence-electron chi connectivity index (χ0n) is 21.2. The normalized spacial score (nSPS) is 14.6. The van der Waals surface area contributed by atoms with Crippen molar-refractivity contribution < 1.29 is 17.6 Å². The second-order valence-electron chi connectivity index (χ2n) is 9.14. The van der Waals surface area contributed by atoms with Crippen LogP contribution in [0.3, 0.4) is 0 Å². The highest BCUT2D eigenvalue weighted by Crippen LogP contribution is 2.29. The first-order valence-electron chi connectivity index (χ1n) is 12.6. The standard InChI is InChI=1S/C29H27N5O4S/c30-19-23(29(35)31-20-26-12-8-16-38-26)17-24-21-34(25-10-3-1-4-11-25)32-28(24)22-9-7-13-27(18-22)39(36,37)33-14-5-2-6-15-33/h1,3-4,7-13,16-18,21H,2,5-6,14-15,20H2,(H,31,35)/b23-17+. The van der Waals surface area contributed by atoms with Gasteiger partial charge in [-0.05, 0) is 55.3 Å². The quantitative estimate of drug-likeness (QED) is 0.258. The molecule has 1 aliphatic heterocycles. The molecule has 0 spiro atoms. The third kappa shape index (κ3) is 5.85. The number of piperidine rings is 1. The molecule has 3 heterocycles. The molecule has 9 nitrogen and oxygen atoms in total. The number of amides is 1. The SMILES string of the molecule is N#C/C(=C\c1cn(-c2ccccc2)nc1-c1cccc(S(=O)(=O)N2CCCCC2)c1)C(=O)NCc1ccco1. The van der Waals surface area contributed by atoms with Gasteiger partial charge in [0, 0.05) is 30.4 Å². The number of nitriles is 1. The lowest BCUT2D eigenvalue weighted by atomic mass is 10.1. The van der Waals surface area contributed by atoms with Gasteiger partial charge >= 0.3 is 0 Å². The molecule has 0 saturated carbocycles. The van der Waals surface area contributed by atoms with Gasteiger partial charge in [-0.3, -0.25) is 4.79 Å². The summed E-state index contributed by atoms with van der Waals surface area (Å²) in [4.78, 5) is 13.0. The van der Waals surface area contributed by atoms with E-state index < -0.39 is 15.9 Å². The fourth-order valence-corrected chi connectivity index (χ4v) is 6.03. The molecule has 10 heteroatoms. The van der Waals surface area contributed by atoms with Gasteiger partial charge in [-0.1, -0.05) is 36.8 Å². The second kappa shape index (κ2) is 11.5.